The summed E-state index contributed by atoms with van der Waals surface area (Å²) in [5.74, 6) is 0. The fourth-order valence-corrected chi connectivity index (χ4v) is 5.46. The average molecular weight is 416 g/mol. The molecule has 1 nitrogen and oxygen atoms in total. The number of aryl methyl sites for hydroxylation is 1. The van der Waals surface area contributed by atoms with E-state index >= 15 is 0 Å². The lowest BCUT2D eigenvalue weighted by Gasteiger charge is -2.33. The minimum Gasteiger partial charge on any atom is -1.00 e. The molecule has 1 aliphatic heterocycles. The number of hydrogen-bond donors (Lipinski definition) is 1. The molecule has 0 spiro atoms. The summed E-state index contributed by atoms with van der Waals surface area (Å²) in [6, 6.07) is 14.1. The molecule has 1 saturated heterocycles. The van der Waals surface area contributed by atoms with E-state index in [1.54, 1.807) is 33.1 Å². The Morgan fingerprint density at radius 2 is 1.74 bits per heavy atom. The van der Waals surface area contributed by atoms with Crippen LogP contribution in [0.25, 0.3) is 5.57 Å². The van der Waals surface area contributed by atoms with E-state index < -0.39 is 0 Å². The molecule has 2 aromatic heterocycles. The van der Waals surface area contributed by atoms with Gasteiger partial charge in [0.25, 0.3) is 0 Å². The first kappa shape index (κ1) is 20.3. The van der Waals surface area contributed by atoms with E-state index in [4.69, 9.17) is 0 Å². The molecule has 0 aliphatic carbocycles. The third-order valence-corrected chi connectivity index (χ3v) is 6.90. The number of thiophene rings is 2. The van der Waals surface area contributed by atoms with Crippen LogP contribution in [0.1, 0.15) is 47.6 Å². The van der Waals surface area contributed by atoms with Crippen molar-refractivity contribution in [3.63, 3.8) is 0 Å². The zero-order valence-corrected chi connectivity index (χ0v) is 18.0. The Labute approximate surface area is 176 Å². The van der Waals surface area contributed by atoms with Gasteiger partial charge in [-0.15, -0.1) is 0 Å². The Bertz CT molecular complexity index is 816. The highest BCUT2D eigenvalue weighted by atomic mass is 35.5. The number of quaternary nitrogens is 1. The Morgan fingerprint density at radius 3 is 2.37 bits per heavy atom. The van der Waals surface area contributed by atoms with Crippen molar-refractivity contribution >= 4 is 28.2 Å². The zero-order valence-electron chi connectivity index (χ0n) is 15.7. The molecule has 3 heterocycles. The number of nitrogens with one attached hydrogen (secondary N) is 1. The fourth-order valence-electron chi connectivity index (χ4n) is 4.15. The Balaban J connectivity index is 0.00000210. The molecule has 142 valence electrons. The van der Waals surface area contributed by atoms with Gasteiger partial charge in [0.2, 0.25) is 0 Å². The van der Waals surface area contributed by atoms with Crippen molar-refractivity contribution in [2.24, 2.45) is 0 Å². The van der Waals surface area contributed by atoms with Gasteiger partial charge in [0, 0.05) is 12.0 Å². The topological polar surface area (TPSA) is 4.44 Å². The lowest BCUT2D eigenvalue weighted by Crippen LogP contribution is -3.12. The van der Waals surface area contributed by atoms with Crippen LogP contribution in [0.4, 0.5) is 0 Å². The lowest BCUT2D eigenvalue weighted by molar-refractivity contribution is -0.931. The van der Waals surface area contributed by atoms with E-state index in [2.05, 4.69) is 70.9 Å². The van der Waals surface area contributed by atoms with Gasteiger partial charge in [0.15, 0.2) is 0 Å². The van der Waals surface area contributed by atoms with Crippen molar-refractivity contribution in [3.05, 3.63) is 86.2 Å². The van der Waals surface area contributed by atoms with Crippen molar-refractivity contribution in [3.8, 4) is 0 Å². The molecule has 0 bridgehead atoms. The van der Waals surface area contributed by atoms with Gasteiger partial charge in [0.1, 0.15) is 6.04 Å². The third kappa shape index (κ3) is 4.72. The summed E-state index contributed by atoms with van der Waals surface area (Å²) in [4.78, 5) is 1.72. The van der Waals surface area contributed by atoms with Crippen LogP contribution >= 0.6 is 22.7 Å². The summed E-state index contributed by atoms with van der Waals surface area (Å²) in [6.45, 7) is 4.63. The summed E-state index contributed by atoms with van der Waals surface area (Å²) >= 11 is 3.56. The largest absolute Gasteiger partial charge is 1.00 e. The molecular formula is C23H26ClNS2. The smallest absolute Gasteiger partial charge is 0.114 e. The molecule has 0 saturated carbocycles. The summed E-state index contributed by atoms with van der Waals surface area (Å²) in [6.07, 6.45) is 6.49. The minimum atomic E-state index is 0. The molecule has 1 aromatic carbocycles. The molecule has 2 atom stereocenters. The third-order valence-electron chi connectivity index (χ3n) is 5.53. The Hall–Kier alpha value is -1.39. The van der Waals surface area contributed by atoms with E-state index in [9.17, 15) is 0 Å². The van der Waals surface area contributed by atoms with Crippen molar-refractivity contribution in [2.45, 2.75) is 32.2 Å². The highest BCUT2D eigenvalue weighted by molar-refractivity contribution is 7.08. The second-order valence-corrected chi connectivity index (χ2v) is 8.72. The fraction of sp³-hybridized carbons (Fsp3) is 0.304. The van der Waals surface area contributed by atoms with Crippen molar-refractivity contribution in [1.29, 1.82) is 0 Å². The van der Waals surface area contributed by atoms with Gasteiger partial charge in [-0.05, 0) is 81.8 Å². The van der Waals surface area contributed by atoms with Gasteiger partial charge in [-0.2, -0.15) is 22.7 Å². The lowest BCUT2D eigenvalue weighted by atomic mass is 9.92. The molecule has 4 rings (SSSR count). The Morgan fingerprint density at radius 1 is 1.04 bits per heavy atom. The van der Waals surface area contributed by atoms with Crippen molar-refractivity contribution < 1.29 is 17.3 Å². The zero-order chi connectivity index (χ0) is 17.8. The van der Waals surface area contributed by atoms with E-state index in [-0.39, 0.29) is 12.4 Å². The second kappa shape index (κ2) is 9.70. The van der Waals surface area contributed by atoms with Gasteiger partial charge in [-0.25, -0.2) is 0 Å². The summed E-state index contributed by atoms with van der Waals surface area (Å²) in [5, 5.41) is 8.90. The summed E-state index contributed by atoms with van der Waals surface area (Å²) in [7, 11) is 0. The molecule has 0 radical (unpaired) electrons. The molecule has 4 heteroatoms. The molecule has 3 aromatic rings. The first-order chi connectivity index (χ1) is 12.8. The maximum atomic E-state index is 2.48. The number of benzene rings is 1. The number of hydrogen-bond acceptors (Lipinski definition) is 2. The highest BCUT2D eigenvalue weighted by Gasteiger charge is 2.28. The standard InChI is InChI=1S/C23H25NS2.ClH/c1-18-6-2-3-7-21(18)23-8-4-5-12-24(23)13-9-22(19-10-14-25-16-19)20-11-15-26-17-20;/h2-3,6-7,9-11,14-17,23H,4-5,8,12-13H2,1H3;1H. The van der Waals surface area contributed by atoms with Crippen LogP contribution in [0.3, 0.4) is 0 Å². The van der Waals surface area contributed by atoms with Crippen molar-refractivity contribution in [2.75, 3.05) is 13.1 Å². The molecule has 1 aliphatic rings. The van der Waals surface area contributed by atoms with Gasteiger partial charge in [-0.1, -0.05) is 24.3 Å². The maximum absolute atomic E-state index is 2.48. The van der Waals surface area contributed by atoms with Gasteiger partial charge in [-0.3, -0.25) is 0 Å². The SMILES string of the molecule is Cc1ccccc1C1CCCC[NH+]1CC=C(c1ccsc1)c1ccsc1.[Cl-]. The van der Waals surface area contributed by atoms with E-state index in [0.29, 0.717) is 6.04 Å². The van der Waals surface area contributed by atoms with Crippen LogP contribution < -0.4 is 17.3 Å². The predicted molar refractivity (Wildman–Crippen MR) is 114 cm³/mol. The first-order valence-corrected chi connectivity index (χ1v) is 11.4. The first-order valence-electron chi connectivity index (χ1n) is 9.48. The number of likely N-dealkylation sites (tertiary alicyclic amines) is 1. The number of halogens is 1. The van der Waals surface area contributed by atoms with Crippen LogP contribution in [-0.4, -0.2) is 13.1 Å². The summed E-state index contributed by atoms with van der Waals surface area (Å²) < 4.78 is 0. The van der Waals surface area contributed by atoms with E-state index in [1.807, 2.05) is 0 Å². The van der Waals surface area contributed by atoms with Crippen LogP contribution in [0.2, 0.25) is 0 Å². The highest BCUT2D eigenvalue weighted by Crippen LogP contribution is 2.27. The molecule has 1 N–H and O–H groups in total. The van der Waals surface area contributed by atoms with Gasteiger partial charge < -0.3 is 17.3 Å². The van der Waals surface area contributed by atoms with Crippen molar-refractivity contribution in [1.82, 2.24) is 0 Å². The Kier molecular flexibility index (Phi) is 7.31. The van der Waals surface area contributed by atoms with E-state index in [0.717, 1.165) is 6.54 Å². The number of piperidine rings is 1. The quantitative estimate of drug-likeness (QED) is 0.652. The second-order valence-electron chi connectivity index (χ2n) is 7.16. The molecular weight excluding hydrogens is 390 g/mol. The minimum absolute atomic E-state index is 0. The normalized spacial score (nSPS) is 19.3. The number of rotatable bonds is 5. The molecule has 27 heavy (non-hydrogen) atoms. The molecule has 1 fully saturated rings. The van der Waals surface area contributed by atoms with Crippen LogP contribution in [0, 0.1) is 6.92 Å². The molecule has 0 amide bonds. The van der Waals surface area contributed by atoms with Crippen LogP contribution in [0.5, 0.6) is 0 Å². The average Bonchev–Trinajstić information content (AvgIpc) is 3.37. The van der Waals surface area contributed by atoms with Gasteiger partial charge in [0.05, 0.1) is 13.1 Å². The van der Waals surface area contributed by atoms with E-state index in [1.165, 1.54) is 48.1 Å². The summed E-state index contributed by atoms with van der Waals surface area (Å²) in [5.41, 5.74) is 7.10. The maximum Gasteiger partial charge on any atom is 0.114 e. The molecule has 2 unspecified atom stereocenters. The monoisotopic (exact) mass is 415 g/mol. The predicted octanol–water partition coefficient (Wildman–Crippen LogP) is 2.36. The van der Waals surface area contributed by atoms with Gasteiger partial charge >= 0.3 is 0 Å². The van der Waals surface area contributed by atoms with Crippen LogP contribution in [-0.2, 0) is 0 Å². The van der Waals surface area contributed by atoms with Crippen LogP contribution in [0.15, 0.2) is 64.0 Å².